The smallest absolute Gasteiger partial charge is 0.338 e. The average molecular weight is 388 g/mol. The fourth-order valence-corrected chi connectivity index (χ4v) is 2.88. The Hall–Kier alpha value is -1.70. The van der Waals surface area contributed by atoms with Crippen LogP contribution in [0.1, 0.15) is 17.3 Å². The van der Waals surface area contributed by atoms with Crippen molar-refractivity contribution < 1.29 is 36.1 Å². The normalized spacial score (nSPS) is 16.3. The summed E-state index contributed by atoms with van der Waals surface area (Å²) in [6.45, 7) is 6.68. The molecule has 1 aromatic rings. The van der Waals surface area contributed by atoms with Crippen LogP contribution in [-0.2, 0) is 4.74 Å². The molecule has 148 valence electrons. The molecule has 0 aromatic heterocycles. The van der Waals surface area contributed by atoms with E-state index in [0.29, 0.717) is 22.8 Å². The van der Waals surface area contributed by atoms with Crippen LogP contribution >= 0.6 is 0 Å². The third kappa shape index (κ3) is 5.65. The number of nitrogens with zero attached hydrogens (tertiary/aromatic N) is 2. The summed E-state index contributed by atoms with van der Waals surface area (Å²) in [5.74, 6) is 0.911. The molecule has 1 aromatic carbocycles. The number of carbonyl (C=O) groups excluding carboxylic acids is 1. The summed E-state index contributed by atoms with van der Waals surface area (Å²) in [4.78, 5) is 17.1. The highest BCUT2D eigenvalue weighted by molar-refractivity contribution is 5.91. The first-order valence-corrected chi connectivity index (χ1v) is 8.40. The van der Waals surface area contributed by atoms with Crippen molar-refractivity contribution in [2.24, 2.45) is 0 Å². The maximum Gasteiger partial charge on any atom is 0.338 e. The van der Waals surface area contributed by atoms with E-state index in [2.05, 4.69) is 16.8 Å². The monoisotopic (exact) mass is 387 g/mol. The highest BCUT2D eigenvalue weighted by Gasteiger charge is 2.21. The predicted octanol–water partition coefficient (Wildman–Crippen LogP) is -1.49. The number of halogens is 1. The topological polar surface area (TPSA) is 60.5 Å². The van der Waals surface area contributed by atoms with Gasteiger partial charge in [-0.15, -0.1) is 0 Å². The van der Waals surface area contributed by atoms with Crippen LogP contribution in [-0.4, -0.2) is 83.0 Å². The molecule has 1 atom stereocenters. The van der Waals surface area contributed by atoms with Crippen molar-refractivity contribution in [3.8, 4) is 17.2 Å². The summed E-state index contributed by atoms with van der Waals surface area (Å²) in [6, 6.07) is 3.21. The number of likely N-dealkylation sites (N-methyl/N-ethyl adjacent to an activating group) is 1. The van der Waals surface area contributed by atoms with Gasteiger partial charge in [-0.1, -0.05) is 0 Å². The molecule has 1 unspecified atom stereocenters. The largest absolute Gasteiger partial charge is 1.00 e. The lowest BCUT2D eigenvalue weighted by Gasteiger charge is -2.33. The second-order valence-corrected chi connectivity index (χ2v) is 6.23. The van der Waals surface area contributed by atoms with E-state index < -0.39 is 5.97 Å². The van der Waals surface area contributed by atoms with Gasteiger partial charge in [-0.2, -0.15) is 0 Å². The van der Waals surface area contributed by atoms with Crippen LogP contribution in [0, 0.1) is 0 Å². The number of hydrogen-bond donors (Lipinski definition) is 0. The molecule has 2 rings (SSSR count). The van der Waals surface area contributed by atoms with Crippen LogP contribution in [0.15, 0.2) is 12.1 Å². The molecule has 26 heavy (non-hydrogen) atoms. The summed E-state index contributed by atoms with van der Waals surface area (Å²) in [6.07, 6.45) is -0.199. The van der Waals surface area contributed by atoms with Crippen LogP contribution in [0.2, 0.25) is 0 Å². The van der Waals surface area contributed by atoms with E-state index in [9.17, 15) is 4.79 Å². The Morgan fingerprint density at radius 3 is 2.04 bits per heavy atom. The lowest BCUT2D eigenvalue weighted by molar-refractivity contribution is -0.0000482. The molecule has 7 nitrogen and oxygen atoms in total. The molecule has 0 amide bonds. The van der Waals surface area contributed by atoms with Crippen molar-refractivity contribution in [2.45, 2.75) is 13.0 Å². The fraction of sp³-hybridized carbons (Fsp3) is 0.611. The standard InChI is InChI=1S/C18H28N2O5.ClH/c1-13(12-20-8-6-19(2)7-9-20)25-18(21)14-10-15(22-3)17(24-5)16(11-14)23-4;/h10-11,13H,6-9,12H2,1-5H3;1H/p-1. The molecule has 0 aliphatic carbocycles. The van der Waals surface area contributed by atoms with Crippen LogP contribution in [0.4, 0.5) is 0 Å². The van der Waals surface area contributed by atoms with E-state index >= 15 is 0 Å². The number of rotatable bonds is 7. The van der Waals surface area contributed by atoms with E-state index in [1.807, 2.05) is 6.92 Å². The van der Waals surface area contributed by atoms with Gasteiger partial charge in [0.25, 0.3) is 0 Å². The molecule has 1 fully saturated rings. The number of hydrogen-bond acceptors (Lipinski definition) is 7. The van der Waals surface area contributed by atoms with Gasteiger partial charge < -0.3 is 36.3 Å². The first-order valence-electron chi connectivity index (χ1n) is 8.40. The highest BCUT2D eigenvalue weighted by Crippen LogP contribution is 2.38. The van der Waals surface area contributed by atoms with Crippen molar-refractivity contribution in [1.29, 1.82) is 0 Å². The number of carbonyl (C=O) groups is 1. The number of methoxy groups -OCH3 is 3. The second kappa shape index (κ2) is 10.4. The molecule has 8 heteroatoms. The minimum Gasteiger partial charge on any atom is -1.00 e. The Balaban J connectivity index is 0.00000338. The van der Waals surface area contributed by atoms with E-state index in [0.717, 1.165) is 32.7 Å². The number of ether oxygens (including phenoxy) is 4. The molecule has 1 aliphatic heterocycles. The molecule has 0 bridgehead atoms. The third-order valence-corrected chi connectivity index (χ3v) is 4.32. The van der Waals surface area contributed by atoms with Crippen molar-refractivity contribution >= 4 is 5.97 Å². The first kappa shape index (κ1) is 22.3. The lowest BCUT2D eigenvalue weighted by Crippen LogP contribution is -3.00. The van der Waals surface area contributed by atoms with E-state index in [1.54, 1.807) is 12.1 Å². The Morgan fingerprint density at radius 1 is 1.04 bits per heavy atom. The van der Waals surface area contributed by atoms with Crippen LogP contribution < -0.4 is 26.6 Å². The number of benzene rings is 1. The van der Waals surface area contributed by atoms with Gasteiger partial charge in [0, 0.05) is 32.7 Å². The van der Waals surface area contributed by atoms with Crippen molar-refractivity contribution in [3.05, 3.63) is 17.7 Å². The number of piperazine rings is 1. The van der Waals surface area contributed by atoms with Gasteiger partial charge in [-0.25, -0.2) is 4.79 Å². The van der Waals surface area contributed by atoms with E-state index in [1.165, 1.54) is 21.3 Å². The van der Waals surface area contributed by atoms with Crippen LogP contribution in [0.5, 0.6) is 17.2 Å². The Kier molecular flexibility index (Phi) is 8.98. The van der Waals surface area contributed by atoms with Gasteiger partial charge in [-0.3, -0.25) is 4.90 Å². The Bertz CT molecular complexity index is 566. The fourth-order valence-electron chi connectivity index (χ4n) is 2.88. The molecule has 0 N–H and O–H groups in total. The molecule has 1 aliphatic rings. The Morgan fingerprint density at radius 2 is 1.58 bits per heavy atom. The van der Waals surface area contributed by atoms with Crippen LogP contribution in [0.3, 0.4) is 0 Å². The van der Waals surface area contributed by atoms with Gasteiger partial charge >= 0.3 is 5.97 Å². The first-order chi connectivity index (χ1) is 12.0. The predicted molar refractivity (Wildman–Crippen MR) is 94.9 cm³/mol. The maximum atomic E-state index is 12.5. The van der Waals surface area contributed by atoms with Crippen molar-refractivity contribution in [3.63, 3.8) is 0 Å². The van der Waals surface area contributed by atoms with E-state index in [-0.39, 0.29) is 18.5 Å². The van der Waals surface area contributed by atoms with Gasteiger partial charge in [0.2, 0.25) is 5.75 Å². The Labute approximate surface area is 161 Å². The van der Waals surface area contributed by atoms with Crippen molar-refractivity contribution in [1.82, 2.24) is 9.80 Å². The van der Waals surface area contributed by atoms with Gasteiger partial charge in [0.1, 0.15) is 6.10 Å². The highest BCUT2D eigenvalue weighted by atomic mass is 35.5. The molecule has 1 saturated heterocycles. The summed E-state index contributed by atoms with van der Waals surface area (Å²) in [5.41, 5.74) is 0.375. The SMILES string of the molecule is COc1cc(C(=O)OC(C)CN2CCN(C)CC2)cc(OC)c1OC.[Cl-]. The molecular weight excluding hydrogens is 360 g/mol. The summed E-state index contributed by atoms with van der Waals surface area (Å²) in [7, 11) is 6.67. The average Bonchev–Trinajstić information content (AvgIpc) is 2.62. The zero-order valence-electron chi connectivity index (χ0n) is 16.1. The minimum atomic E-state index is -0.402. The summed E-state index contributed by atoms with van der Waals surface area (Å²) in [5, 5.41) is 0. The molecule has 1 heterocycles. The van der Waals surface area contributed by atoms with Gasteiger partial charge in [0.15, 0.2) is 11.5 Å². The van der Waals surface area contributed by atoms with Gasteiger partial charge in [0.05, 0.1) is 26.9 Å². The number of esters is 1. The molecular formula is C18H28ClN2O5-. The van der Waals surface area contributed by atoms with Gasteiger partial charge in [-0.05, 0) is 26.1 Å². The second-order valence-electron chi connectivity index (χ2n) is 6.23. The molecule has 0 radical (unpaired) electrons. The zero-order valence-corrected chi connectivity index (χ0v) is 16.8. The van der Waals surface area contributed by atoms with Crippen molar-refractivity contribution in [2.75, 3.05) is 61.1 Å². The van der Waals surface area contributed by atoms with Crippen LogP contribution in [0.25, 0.3) is 0 Å². The maximum absolute atomic E-state index is 12.5. The quantitative estimate of drug-likeness (QED) is 0.528. The minimum absolute atomic E-state index is 0. The molecule has 0 saturated carbocycles. The molecule has 0 spiro atoms. The van der Waals surface area contributed by atoms with E-state index in [4.69, 9.17) is 18.9 Å². The summed E-state index contributed by atoms with van der Waals surface area (Å²) >= 11 is 0. The zero-order chi connectivity index (χ0) is 18.4. The third-order valence-electron chi connectivity index (χ3n) is 4.32. The summed E-state index contributed by atoms with van der Waals surface area (Å²) < 4.78 is 21.4. The lowest BCUT2D eigenvalue weighted by atomic mass is 10.2.